The van der Waals surface area contributed by atoms with E-state index in [2.05, 4.69) is 155 Å². The fourth-order valence-electron chi connectivity index (χ4n) is 10.3. The van der Waals surface area contributed by atoms with Gasteiger partial charge < -0.3 is 33.8 Å². The minimum absolute atomic E-state index is 0.00493. The first-order chi connectivity index (χ1) is 51.7. The van der Waals surface area contributed by atoms with E-state index >= 15 is 0 Å². The fraction of sp³-hybridized carbons (Fsp3) is 0.655. The lowest BCUT2D eigenvalue weighted by atomic mass is 10.1. The molecule has 0 aliphatic heterocycles. The van der Waals surface area contributed by atoms with Crippen LogP contribution >= 0.6 is 15.6 Å². The molecule has 0 radical (unpaired) electrons. The summed E-state index contributed by atoms with van der Waals surface area (Å²) in [7, 11) is -10.0. The maximum Gasteiger partial charge on any atom is 0.472 e. The van der Waals surface area contributed by atoms with Crippen LogP contribution in [0.2, 0.25) is 0 Å². The highest BCUT2D eigenvalue weighted by Gasteiger charge is 2.30. The third-order valence-electron chi connectivity index (χ3n) is 16.5. The van der Waals surface area contributed by atoms with Crippen molar-refractivity contribution in [3.05, 3.63) is 158 Å². The van der Waals surface area contributed by atoms with Crippen molar-refractivity contribution < 1.29 is 80.2 Å². The second kappa shape index (κ2) is 77.8. The van der Waals surface area contributed by atoms with Crippen molar-refractivity contribution in [1.29, 1.82) is 0 Å². The fourth-order valence-corrected chi connectivity index (χ4v) is 11.9. The maximum atomic E-state index is 13.1. The molecule has 0 rings (SSSR count). The largest absolute Gasteiger partial charge is 0.472 e. The molecule has 0 aromatic carbocycles. The Morgan fingerprint density at radius 1 is 0.274 bits per heavy atom. The Labute approximate surface area is 642 Å². The highest BCUT2D eigenvalue weighted by Crippen LogP contribution is 2.45. The van der Waals surface area contributed by atoms with Crippen molar-refractivity contribution in [2.45, 2.75) is 329 Å². The topological polar surface area (TPSA) is 237 Å². The summed E-state index contributed by atoms with van der Waals surface area (Å²) in [5.41, 5.74) is 0. The van der Waals surface area contributed by atoms with Gasteiger partial charge in [-0.25, -0.2) is 9.13 Å². The van der Waals surface area contributed by atoms with Gasteiger partial charge in [0.1, 0.15) is 19.3 Å². The van der Waals surface area contributed by atoms with Crippen LogP contribution in [-0.2, 0) is 65.4 Å². The lowest BCUT2D eigenvalue weighted by molar-refractivity contribution is -0.161. The first-order valence-electron chi connectivity index (χ1n) is 40.7. The van der Waals surface area contributed by atoms with Gasteiger partial charge in [-0.05, 0) is 154 Å². The number of rotatable bonds is 75. The molecule has 0 bridgehead atoms. The van der Waals surface area contributed by atoms with Crippen molar-refractivity contribution in [2.24, 2.45) is 0 Å². The Bertz CT molecular complexity index is 2630. The summed E-state index contributed by atoms with van der Waals surface area (Å²) in [6.45, 7) is 4.47. The van der Waals surface area contributed by atoms with E-state index in [1.807, 2.05) is 30.4 Å². The zero-order valence-corrected chi connectivity index (χ0v) is 67.8. The third-order valence-corrected chi connectivity index (χ3v) is 18.4. The molecule has 0 fully saturated rings. The Morgan fingerprint density at radius 3 is 0.858 bits per heavy atom. The highest BCUT2D eigenvalue weighted by molar-refractivity contribution is 7.47. The maximum absolute atomic E-state index is 13.1. The van der Waals surface area contributed by atoms with E-state index in [0.29, 0.717) is 38.5 Å². The lowest BCUT2D eigenvalue weighted by Gasteiger charge is -2.21. The first kappa shape index (κ1) is 101. The van der Waals surface area contributed by atoms with Gasteiger partial charge >= 0.3 is 39.5 Å². The molecule has 0 saturated carbocycles. The lowest BCUT2D eigenvalue weighted by Crippen LogP contribution is -2.30. The minimum atomic E-state index is -5.02. The molecule has 5 unspecified atom stereocenters. The van der Waals surface area contributed by atoms with Gasteiger partial charge in [-0.3, -0.25) is 37.3 Å². The second-order valence-corrected chi connectivity index (χ2v) is 29.5. The van der Waals surface area contributed by atoms with Gasteiger partial charge in [0, 0.05) is 25.7 Å². The smallest absolute Gasteiger partial charge is 0.462 e. The van der Waals surface area contributed by atoms with Gasteiger partial charge in [-0.15, -0.1) is 0 Å². The van der Waals surface area contributed by atoms with E-state index in [4.69, 9.17) is 37.0 Å². The SMILES string of the molecule is CC/C=C\C/C=C\C/C=C\C/C=C\C/C=C\C/C=C\CCC(=O)OCC(COP(=O)(O)OCC(O)COP(=O)(O)OCC(COC(=O)CCCCCCC/C=C\CCCCCCCC)OC(=O)CCCCCCC/C=C\CCCCCCCC)OC(=O)CCC/C=C\C/C=C\C/C=C\C/C=C\C/C=C\CC. The van der Waals surface area contributed by atoms with Crippen LogP contribution in [0.5, 0.6) is 0 Å². The predicted octanol–water partition coefficient (Wildman–Crippen LogP) is 24.0. The number of hydrogen-bond acceptors (Lipinski definition) is 15. The number of esters is 4. The molecule has 0 aromatic rings. The monoisotopic (exact) mass is 1520 g/mol. The summed E-state index contributed by atoms with van der Waals surface area (Å²) in [6.07, 6.45) is 91.0. The molecule has 0 amide bonds. The Morgan fingerprint density at radius 2 is 0.519 bits per heavy atom. The summed E-state index contributed by atoms with van der Waals surface area (Å²) in [6, 6.07) is 0. The summed E-state index contributed by atoms with van der Waals surface area (Å²) >= 11 is 0. The quantitative estimate of drug-likeness (QED) is 0.0169. The molecular formula is C87H144O17P2. The summed E-state index contributed by atoms with van der Waals surface area (Å²) < 4.78 is 68.5. The van der Waals surface area contributed by atoms with E-state index in [9.17, 15) is 43.2 Å². The Hall–Kier alpha value is -5.32. The van der Waals surface area contributed by atoms with Crippen LogP contribution in [0.25, 0.3) is 0 Å². The Kier molecular flexibility index (Phi) is 73.9. The molecule has 19 heteroatoms. The second-order valence-electron chi connectivity index (χ2n) is 26.6. The summed E-state index contributed by atoms with van der Waals surface area (Å²) in [5, 5.41) is 10.6. The normalized spacial score (nSPS) is 14.7. The van der Waals surface area contributed by atoms with Crippen molar-refractivity contribution >= 4 is 39.5 Å². The van der Waals surface area contributed by atoms with Crippen molar-refractivity contribution in [2.75, 3.05) is 39.6 Å². The number of carbonyl (C=O) groups is 4. The van der Waals surface area contributed by atoms with E-state index in [1.54, 1.807) is 0 Å². The zero-order valence-electron chi connectivity index (χ0n) is 66.1. The molecule has 5 atom stereocenters. The number of carbonyl (C=O) groups excluding carboxylic acids is 4. The number of unbranched alkanes of at least 4 members (excludes halogenated alkanes) is 23. The number of phosphoric acid groups is 2. The predicted molar refractivity (Wildman–Crippen MR) is 436 cm³/mol. The third kappa shape index (κ3) is 76.9. The van der Waals surface area contributed by atoms with E-state index < -0.39 is 97.5 Å². The molecule has 0 saturated heterocycles. The van der Waals surface area contributed by atoms with Crippen LogP contribution in [0.15, 0.2) is 158 Å². The average molecular weight is 1520 g/mol. The highest BCUT2D eigenvalue weighted by atomic mass is 31.2. The molecule has 0 aliphatic carbocycles. The number of allylic oxidation sites excluding steroid dienone is 26. The van der Waals surface area contributed by atoms with Gasteiger partial charge in [0.25, 0.3) is 0 Å². The number of ether oxygens (including phenoxy) is 4. The Balaban J connectivity index is 5.51. The average Bonchev–Trinajstić information content (AvgIpc) is 0.902. The van der Waals surface area contributed by atoms with Crippen LogP contribution in [0, 0.1) is 0 Å². The summed E-state index contributed by atoms with van der Waals surface area (Å²) in [5.74, 6) is -2.36. The van der Waals surface area contributed by atoms with Crippen molar-refractivity contribution in [3.8, 4) is 0 Å². The zero-order chi connectivity index (χ0) is 77.4. The summed E-state index contributed by atoms with van der Waals surface area (Å²) in [4.78, 5) is 73.0. The molecule has 3 N–H and O–H groups in total. The van der Waals surface area contributed by atoms with E-state index in [0.717, 1.165) is 141 Å². The molecule has 0 aromatic heterocycles. The molecule has 0 heterocycles. The van der Waals surface area contributed by atoms with Crippen LogP contribution in [0.3, 0.4) is 0 Å². The van der Waals surface area contributed by atoms with Crippen molar-refractivity contribution in [1.82, 2.24) is 0 Å². The van der Waals surface area contributed by atoms with Crippen LogP contribution in [-0.4, -0.2) is 96.7 Å². The molecular weight excluding hydrogens is 1380 g/mol. The van der Waals surface area contributed by atoms with Gasteiger partial charge in [-0.1, -0.05) is 288 Å². The molecule has 17 nitrogen and oxygen atoms in total. The van der Waals surface area contributed by atoms with Crippen LogP contribution < -0.4 is 0 Å². The van der Waals surface area contributed by atoms with Gasteiger partial charge in [0.15, 0.2) is 12.2 Å². The van der Waals surface area contributed by atoms with Crippen molar-refractivity contribution in [3.63, 3.8) is 0 Å². The van der Waals surface area contributed by atoms with Gasteiger partial charge in [-0.2, -0.15) is 0 Å². The minimum Gasteiger partial charge on any atom is -0.462 e. The standard InChI is InChI=1S/C87H144O17P2/c1-5-9-13-17-21-25-29-33-37-39-40-42-45-48-52-56-60-64-68-72-85(90)98-78-83(104-87(92)74-70-66-62-58-54-50-46-41-38-34-30-26-22-18-14-10-6-2)80-102-106(95,96)100-76-81(88)75-99-105(93,94)101-79-82(103-86(91)73-69-65-61-57-53-49-44-36-32-28-24-20-16-12-8-4)77-97-84(89)71-67-63-59-55-51-47-43-35-31-27-23-19-15-11-7-3/h9-10,13-14,21-22,25-26,33-38,40,42-44,46,48,50,52,58,60,62,64,81-83,88H,5-8,11-12,15-20,23-24,27-32,39,41,45,47,49,51,53-57,59,61,63,65-80H2,1-4H3,(H,93,94)(H,95,96)/b13-9-,14-10-,25-21-,26-22-,37-33-,38-34-,42-40-,43-35-,44-36-,50-46-,52-48-,62-58-,64-60-. The number of hydrogen-bond donors (Lipinski definition) is 3. The van der Waals surface area contributed by atoms with Crippen LogP contribution in [0.1, 0.15) is 310 Å². The molecule has 604 valence electrons. The molecule has 0 aliphatic rings. The van der Waals surface area contributed by atoms with Gasteiger partial charge in [0.05, 0.1) is 26.4 Å². The van der Waals surface area contributed by atoms with E-state index in [-0.39, 0.29) is 25.7 Å². The van der Waals surface area contributed by atoms with Crippen LogP contribution in [0.4, 0.5) is 0 Å². The number of phosphoric ester groups is 2. The number of aliphatic hydroxyl groups is 1. The molecule has 106 heavy (non-hydrogen) atoms. The van der Waals surface area contributed by atoms with Gasteiger partial charge in [0.2, 0.25) is 0 Å². The first-order valence-corrected chi connectivity index (χ1v) is 43.7. The van der Waals surface area contributed by atoms with E-state index in [1.165, 1.54) is 77.0 Å². The number of aliphatic hydroxyl groups excluding tert-OH is 1. The molecule has 0 spiro atoms.